The van der Waals surface area contributed by atoms with E-state index in [1.807, 2.05) is 41.9 Å². The van der Waals surface area contributed by atoms with Gasteiger partial charge >= 0.3 is 11.9 Å². The summed E-state index contributed by atoms with van der Waals surface area (Å²) in [5.74, 6) is -2.94. The number of hydrogen-bond acceptors (Lipinski definition) is 7. The molecule has 3 N–H and O–H groups in total. The van der Waals surface area contributed by atoms with E-state index in [1.54, 1.807) is 24.3 Å². The van der Waals surface area contributed by atoms with Gasteiger partial charge in [-0.2, -0.15) is 0 Å². The number of carboxylic acids is 2. The molecule has 11 heteroatoms. The molecule has 222 valence electrons. The SMILES string of the molecule is CCCCN(CCCC)CCCOc1ccc(S(=O)(=O)c2c(C)cn3ccccc23)cc1.CO.O=C(O)C(=O)O. The number of aliphatic carboxylic acids is 2. The zero-order valence-electron chi connectivity index (χ0n) is 23.7. The quantitative estimate of drug-likeness (QED) is 0.197. The molecule has 0 aliphatic carbocycles. The molecular formula is C29H42N2O8S. The number of carbonyl (C=O) groups is 2. The van der Waals surface area contributed by atoms with Crippen molar-refractivity contribution >= 4 is 27.3 Å². The van der Waals surface area contributed by atoms with Gasteiger partial charge in [0, 0.05) is 26.0 Å². The van der Waals surface area contributed by atoms with Crippen LogP contribution in [0.3, 0.4) is 0 Å². The summed E-state index contributed by atoms with van der Waals surface area (Å²) in [4.78, 5) is 21.4. The van der Waals surface area contributed by atoms with Crippen LogP contribution in [0, 0.1) is 6.92 Å². The zero-order chi connectivity index (χ0) is 30.1. The van der Waals surface area contributed by atoms with E-state index in [0.29, 0.717) is 22.8 Å². The van der Waals surface area contributed by atoms with Gasteiger partial charge in [-0.3, -0.25) is 0 Å². The van der Waals surface area contributed by atoms with Crippen LogP contribution in [-0.2, 0) is 19.4 Å². The number of sulfone groups is 1. The summed E-state index contributed by atoms with van der Waals surface area (Å²) < 4.78 is 34.3. The summed E-state index contributed by atoms with van der Waals surface area (Å²) in [5, 5.41) is 21.8. The highest BCUT2D eigenvalue weighted by atomic mass is 32.2. The van der Waals surface area contributed by atoms with Crippen molar-refractivity contribution in [2.45, 2.75) is 62.7 Å². The van der Waals surface area contributed by atoms with Crippen molar-refractivity contribution in [1.82, 2.24) is 9.30 Å². The molecule has 2 aromatic heterocycles. The van der Waals surface area contributed by atoms with E-state index < -0.39 is 21.8 Å². The number of nitrogens with zero attached hydrogens (tertiary/aromatic N) is 2. The number of pyridine rings is 1. The van der Waals surface area contributed by atoms with Crippen LogP contribution in [0.5, 0.6) is 5.75 Å². The normalized spacial score (nSPS) is 10.8. The highest BCUT2D eigenvalue weighted by molar-refractivity contribution is 7.91. The molecule has 2 heterocycles. The number of aliphatic hydroxyl groups excluding tert-OH is 1. The Morgan fingerprint density at radius 2 is 1.43 bits per heavy atom. The number of carboxylic acid groups (broad SMARTS) is 2. The van der Waals surface area contributed by atoms with Gasteiger partial charge in [0.1, 0.15) is 10.6 Å². The standard InChI is InChI=1S/C26H36N2O3S.C2H2O4.CH4O/c1-4-6-16-27(17-7-5-2)18-10-20-31-23-12-14-24(15-13-23)32(29,30)26-22(3)21-28-19-9-8-11-25(26)28;3-1(4)2(5)6;1-2/h8-9,11-15,19,21H,4-7,10,16-18,20H2,1-3H3;(H,3,4)(H,5,6);2H,1H3. The molecule has 40 heavy (non-hydrogen) atoms. The van der Waals surface area contributed by atoms with Crippen molar-refractivity contribution in [2.24, 2.45) is 0 Å². The Kier molecular flexibility index (Phi) is 15.6. The first-order valence-corrected chi connectivity index (χ1v) is 14.8. The second kappa shape index (κ2) is 18.0. The zero-order valence-corrected chi connectivity index (χ0v) is 24.6. The largest absolute Gasteiger partial charge is 0.494 e. The Morgan fingerprint density at radius 3 is 1.95 bits per heavy atom. The smallest absolute Gasteiger partial charge is 0.414 e. The number of aromatic nitrogens is 1. The number of rotatable bonds is 13. The van der Waals surface area contributed by atoms with Crippen LogP contribution in [0.25, 0.3) is 5.52 Å². The average molecular weight is 579 g/mol. The molecule has 0 aliphatic heterocycles. The van der Waals surface area contributed by atoms with Gasteiger partial charge in [-0.1, -0.05) is 32.8 Å². The van der Waals surface area contributed by atoms with Gasteiger partial charge in [0.25, 0.3) is 0 Å². The molecular weight excluding hydrogens is 536 g/mol. The maximum Gasteiger partial charge on any atom is 0.414 e. The lowest BCUT2D eigenvalue weighted by molar-refractivity contribution is -0.159. The summed E-state index contributed by atoms with van der Waals surface area (Å²) in [6, 6.07) is 12.4. The van der Waals surface area contributed by atoms with Gasteiger partial charge in [0.2, 0.25) is 9.84 Å². The van der Waals surface area contributed by atoms with Crippen LogP contribution < -0.4 is 4.74 Å². The highest BCUT2D eigenvalue weighted by Crippen LogP contribution is 2.30. The number of unbranched alkanes of at least 4 members (excludes halogenated alkanes) is 2. The molecule has 0 aliphatic rings. The van der Waals surface area contributed by atoms with E-state index in [4.69, 9.17) is 29.6 Å². The van der Waals surface area contributed by atoms with Gasteiger partial charge in [-0.25, -0.2) is 18.0 Å². The minimum absolute atomic E-state index is 0.287. The Morgan fingerprint density at radius 1 is 0.875 bits per heavy atom. The maximum absolute atomic E-state index is 13.3. The monoisotopic (exact) mass is 578 g/mol. The fraction of sp³-hybridized carbons (Fsp3) is 0.448. The lowest BCUT2D eigenvalue weighted by Crippen LogP contribution is -2.28. The van der Waals surface area contributed by atoms with Gasteiger partial charge in [0.15, 0.2) is 0 Å². The molecule has 0 amide bonds. The number of fused-ring (bicyclic) bond motifs is 1. The molecule has 0 saturated carbocycles. The Labute approximate surface area is 236 Å². The summed E-state index contributed by atoms with van der Waals surface area (Å²) in [7, 11) is -2.61. The third kappa shape index (κ3) is 10.6. The Bertz CT molecular complexity index is 1270. The first-order valence-electron chi connectivity index (χ1n) is 13.3. The van der Waals surface area contributed by atoms with Crippen LogP contribution in [0.4, 0.5) is 0 Å². The van der Waals surface area contributed by atoms with E-state index in [0.717, 1.165) is 38.7 Å². The molecule has 0 fully saturated rings. The summed E-state index contributed by atoms with van der Waals surface area (Å²) in [6.45, 7) is 10.3. The van der Waals surface area contributed by atoms with Gasteiger partial charge in [0.05, 0.1) is 17.0 Å². The van der Waals surface area contributed by atoms with E-state index in [1.165, 1.54) is 25.7 Å². The van der Waals surface area contributed by atoms with E-state index >= 15 is 0 Å². The minimum Gasteiger partial charge on any atom is -0.494 e. The molecule has 3 aromatic rings. The third-order valence-corrected chi connectivity index (χ3v) is 7.90. The summed E-state index contributed by atoms with van der Waals surface area (Å²) in [5.41, 5.74) is 1.44. The summed E-state index contributed by atoms with van der Waals surface area (Å²) >= 11 is 0. The Hall–Kier alpha value is -3.41. The fourth-order valence-corrected chi connectivity index (χ4v) is 5.65. The first-order chi connectivity index (χ1) is 19.1. The number of benzene rings is 1. The van der Waals surface area contributed by atoms with E-state index in [9.17, 15) is 8.42 Å². The van der Waals surface area contributed by atoms with Crippen molar-refractivity contribution in [3.8, 4) is 5.75 Å². The van der Waals surface area contributed by atoms with Crippen LogP contribution >= 0.6 is 0 Å². The molecule has 10 nitrogen and oxygen atoms in total. The van der Waals surface area contributed by atoms with E-state index in [2.05, 4.69) is 18.7 Å². The van der Waals surface area contributed by atoms with Crippen molar-refractivity contribution < 1.29 is 38.1 Å². The van der Waals surface area contributed by atoms with Crippen LogP contribution in [0.15, 0.2) is 64.6 Å². The molecule has 1 aromatic carbocycles. The first kappa shape index (κ1) is 34.6. The van der Waals surface area contributed by atoms with Crippen molar-refractivity contribution in [1.29, 1.82) is 0 Å². The average Bonchev–Trinajstić information content (AvgIpc) is 3.30. The van der Waals surface area contributed by atoms with Gasteiger partial charge < -0.3 is 29.4 Å². The molecule has 0 bridgehead atoms. The van der Waals surface area contributed by atoms with Crippen molar-refractivity contribution in [2.75, 3.05) is 33.4 Å². The fourth-order valence-electron chi connectivity index (χ4n) is 3.99. The molecule has 0 radical (unpaired) electrons. The molecule has 0 unspecified atom stereocenters. The Balaban J connectivity index is 0.000000885. The second-order valence-electron chi connectivity index (χ2n) is 8.97. The molecule has 3 rings (SSSR count). The minimum atomic E-state index is -3.61. The number of hydrogen-bond donors (Lipinski definition) is 3. The van der Waals surface area contributed by atoms with Crippen LogP contribution in [-0.4, -0.2) is 78.3 Å². The molecule has 0 atom stereocenters. The number of aliphatic hydroxyl groups is 1. The van der Waals surface area contributed by atoms with Crippen molar-refractivity contribution in [3.05, 3.63) is 60.4 Å². The maximum atomic E-state index is 13.3. The van der Waals surface area contributed by atoms with Crippen LogP contribution in [0.1, 0.15) is 51.5 Å². The topological polar surface area (TPSA) is 146 Å². The predicted molar refractivity (Wildman–Crippen MR) is 154 cm³/mol. The lowest BCUT2D eigenvalue weighted by atomic mass is 10.2. The van der Waals surface area contributed by atoms with E-state index in [-0.39, 0.29) is 4.90 Å². The van der Waals surface area contributed by atoms with Gasteiger partial charge in [-0.15, -0.1) is 0 Å². The number of ether oxygens (including phenoxy) is 1. The second-order valence-corrected chi connectivity index (χ2v) is 10.9. The number of aryl methyl sites for hydroxylation is 1. The summed E-state index contributed by atoms with van der Waals surface area (Å²) in [6.07, 6.45) is 9.58. The third-order valence-electron chi connectivity index (χ3n) is 5.94. The van der Waals surface area contributed by atoms with Gasteiger partial charge in [-0.05, 0) is 81.2 Å². The molecule has 0 saturated heterocycles. The van der Waals surface area contributed by atoms with Crippen molar-refractivity contribution in [3.63, 3.8) is 0 Å². The van der Waals surface area contributed by atoms with Crippen LogP contribution in [0.2, 0.25) is 0 Å². The lowest BCUT2D eigenvalue weighted by Gasteiger charge is -2.21. The highest BCUT2D eigenvalue weighted by Gasteiger charge is 2.24. The molecule has 0 spiro atoms. The predicted octanol–water partition coefficient (Wildman–Crippen LogP) is 4.52.